The number of rotatable bonds is 5. The summed E-state index contributed by atoms with van der Waals surface area (Å²) in [4.78, 5) is 12.5. The first-order valence-electron chi connectivity index (χ1n) is 10.4. The number of halogens is 3. The molecule has 0 bridgehead atoms. The summed E-state index contributed by atoms with van der Waals surface area (Å²) in [6.45, 7) is 4.72. The molecule has 0 unspecified atom stereocenters. The van der Waals surface area contributed by atoms with E-state index in [9.17, 15) is 9.18 Å². The van der Waals surface area contributed by atoms with Crippen LogP contribution in [0.2, 0.25) is 0 Å². The smallest absolute Gasteiger partial charge is 0.328 e. The molecule has 0 spiro atoms. The molecular weight excluding hydrogens is 419 g/mol. The number of nitrogens with zero attached hydrogens (tertiary/aromatic N) is 1. The molecule has 0 amide bonds. The number of carboxylic acids is 1. The van der Waals surface area contributed by atoms with Crippen LogP contribution in [0.3, 0.4) is 0 Å². The van der Waals surface area contributed by atoms with Crippen LogP contribution < -0.4 is 0 Å². The van der Waals surface area contributed by atoms with Gasteiger partial charge in [-0.2, -0.15) is 0 Å². The van der Waals surface area contributed by atoms with Gasteiger partial charge >= 0.3 is 5.97 Å². The zero-order chi connectivity index (χ0) is 23.2. The molecule has 0 radical (unpaired) electrons. The fraction of sp³-hybridized carbons (Fsp3) is 0.320. The lowest BCUT2D eigenvalue weighted by Gasteiger charge is -2.42. The SMILES string of the molecule is C[C@H]1Cc2c(oc3ccccc23)[C@H](c2c(F)cc(/C=C/C(=O)O)cc2F)N1CC(C)(C)F. The predicted molar refractivity (Wildman–Crippen MR) is 116 cm³/mol. The molecule has 7 heteroatoms. The number of fused-ring (bicyclic) bond motifs is 3. The number of carboxylic acid groups (broad SMARTS) is 1. The third-order valence-corrected chi connectivity index (χ3v) is 5.73. The number of para-hydroxylation sites is 1. The van der Waals surface area contributed by atoms with Crippen LogP contribution in [0.15, 0.2) is 46.9 Å². The fourth-order valence-corrected chi connectivity index (χ4v) is 4.47. The van der Waals surface area contributed by atoms with Gasteiger partial charge in [0.2, 0.25) is 0 Å². The molecule has 1 aliphatic heterocycles. The summed E-state index contributed by atoms with van der Waals surface area (Å²) >= 11 is 0. The summed E-state index contributed by atoms with van der Waals surface area (Å²) < 4.78 is 51.5. The molecule has 2 heterocycles. The maximum atomic E-state index is 15.3. The van der Waals surface area contributed by atoms with Gasteiger partial charge < -0.3 is 9.52 Å². The Hall–Kier alpha value is -3.06. The van der Waals surface area contributed by atoms with Crippen LogP contribution in [0.25, 0.3) is 17.0 Å². The molecule has 32 heavy (non-hydrogen) atoms. The average Bonchev–Trinajstić information content (AvgIpc) is 3.05. The zero-order valence-corrected chi connectivity index (χ0v) is 18.0. The van der Waals surface area contributed by atoms with E-state index in [1.165, 1.54) is 13.8 Å². The molecule has 0 saturated carbocycles. The molecule has 168 valence electrons. The fourth-order valence-electron chi connectivity index (χ4n) is 4.47. The normalized spacial score (nSPS) is 19.6. The van der Waals surface area contributed by atoms with Gasteiger partial charge in [0.05, 0.1) is 0 Å². The average molecular weight is 443 g/mol. The molecule has 1 aliphatic rings. The van der Waals surface area contributed by atoms with E-state index in [4.69, 9.17) is 9.52 Å². The minimum Gasteiger partial charge on any atom is -0.478 e. The molecule has 3 aromatic rings. The van der Waals surface area contributed by atoms with E-state index in [0.717, 1.165) is 35.2 Å². The Morgan fingerprint density at radius 2 is 1.91 bits per heavy atom. The molecule has 0 saturated heterocycles. The van der Waals surface area contributed by atoms with Crippen LogP contribution in [0, 0.1) is 11.6 Å². The maximum absolute atomic E-state index is 15.3. The first-order chi connectivity index (χ1) is 15.0. The van der Waals surface area contributed by atoms with Crippen molar-refractivity contribution in [3.63, 3.8) is 0 Å². The molecule has 2 atom stereocenters. The topological polar surface area (TPSA) is 53.7 Å². The minimum absolute atomic E-state index is 0.0468. The van der Waals surface area contributed by atoms with E-state index in [1.807, 2.05) is 25.1 Å². The lowest BCUT2D eigenvalue weighted by atomic mass is 9.87. The number of alkyl halides is 1. The molecular formula is C25H24F3NO3. The Balaban J connectivity index is 1.92. The summed E-state index contributed by atoms with van der Waals surface area (Å²) in [5.41, 5.74) is -0.295. The van der Waals surface area contributed by atoms with Crippen molar-refractivity contribution < 1.29 is 27.5 Å². The van der Waals surface area contributed by atoms with Crippen molar-refractivity contribution in [3.05, 3.63) is 76.6 Å². The van der Waals surface area contributed by atoms with E-state index in [0.29, 0.717) is 17.8 Å². The van der Waals surface area contributed by atoms with Crippen LogP contribution in [-0.4, -0.2) is 34.2 Å². The third kappa shape index (κ3) is 4.17. The van der Waals surface area contributed by atoms with Crippen molar-refractivity contribution in [2.45, 2.75) is 44.9 Å². The number of carbonyl (C=O) groups is 1. The predicted octanol–water partition coefficient (Wildman–Crippen LogP) is 5.89. The van der Waals surface area contributed by atoms with Gasteiger partial charge in [-0.15, -0.1) is 0 Å². The van der Waals surface area contributed by atoms with Crippen LogP contribution in [0.5, 0.6) is 0 Å². The first-order valence-corrected chi connectivity index (χ1v) is 10.4. The van der Waals surface area contributed by atoms with Gasteiger partial charge in [0.1, 0.15) is 34.7 Å². The zero-order valence-electron chi connectivity index (χ0n) is 18.0. The Kier molecular flexibility index (Phi) is 5.63. The van der Waals surface area contributed by atoms with Crippen LogP contribution >= 0.6 is 0 Å². The largest absolute Gasteiger partial charge is 0.478 e. The number of benzene rings is 2. The molecule has 1 N–H and O–H groups in total. The summed E-state index contributed by atoms with van der Waals surface area (Å²) in [5.74, 6) is -2.51. The number of furan rings is 1. The van der Waals surface area contributed by atoms with Gasteiger partial charge in [0, 0.05) is 35.2 Å². The lowest BCUT2D eigenvalue weighted by Crippen LogP contribution is -2.48. The van der Waals surface area contributed by atoms with Crippen molar-refractivity contribution in [2.24, 2.45) is 0 Å². The maximum Gasteiger partial charge on any atom is 0.328 e. The van der Waals surface area contributed by atoms with Crippen molar-refractivity contribution in [2.75, 3.05) is 6.54 Å². The summed E-state index contributed by atoms with van der Waals surface area (Å²) in [6, 6.07) is 8.40. The van der Waals surface area contributed by atoms with Gasteiger partial charge in [0.15, 0.2) is 0 Å². The number of hydrogen-bond donors (Lipinski definition) is 1. The minimum atomic E-state index is -1.60. The van der Waals surface area contributed by atoms with Crippen LogP contribution in [0.1, 0.15) is 49.3 Å². The van der Waals surface area contributed by atoms with E-state index in [1.54, 1.807) is 11.0 Å². The summed E-state index contributed by atoms with van der Waals surface area (Å²) in [6.07, 6.45) is 2.49. The Bertz CT molecular complexity index is 1190. The molecule has 4 rings (SSSR count). The summed E-state index contributed by atoms with van der Waals surface area (Å²) in [7, 11) is 0. The van der Waals surface area contributed by atoms with E-state index in [-0.39, 0.29) is 23.7 Å². The van der Waals surface area contributed by atoms with Gasteiger partial charge in [-0.05, 0) is 57.0 Å². The number of hydrogen-bond acceptors (Lipinski definition) is 3. The van der Waals surface area contributed by atoms with E-state index in [2.05, 4.69) is 0 Å². The highest BCUT2D eigenvalue weighted by atomic mass is 19.1. The molecule has 0 fully saturated rings. The highest BCUT2D eigenvalue weighted by Crippen LogP contribution is 2.44. The van der Waals surface area contributed by atoms with Crippen molar-refractivity contribution in [1.29, 1.82) is 0 Å². The molecule has 4 nitrogen and oxygen atoms in total. The second-order valence-corrected chi connectivity index (χ2v) is 8.86. The second kappa shape index (κ2) is 8.13. The van der Waals surface area contributed by atoms with Gasteiger partial charge in [0.25, 0.3) is 0 Å². The standard InChI is InChI=1S/C25H24F3NO3/c1-14-10-17-16-6-4-5-7-20(16)32-24(17)23(29(14)13-25(2,3)28)22-18(26)11-15(12-19(22)27)8-9-21(30)31/h4-9,11-12,14,23H,10,13H2,1-3H3,(H,30,31)/b9-8+/t14-,23-/m0/s1. The monoisotopic (exact) mass is 443 g/mol. The Morgan fingerprint density at radius 3 is 2.53 bits per heavy atom. The van der Waals surface area contributed by atoms with E-state index < -0.39 is 29.3 Å². The van der Waals surface area contributed by atoms with E-state index >= 15 is 8.78 Å². The summed E-state index contributed by atoms with van der Waals surface area (Å²) in [5, 5.41) is 9.67. The molecule has 0 aliphatic carbocycles. The lowest BCUT2D eigenvalue weighted by molar-refractivity contribution is -0.131. The van der Waals surface area contributed by atoms with Crippen molar-refractivity contribution in [1.82, 2.24) is 4.90 Å². The van der Waals surface area contributed by atoms with Crippen LogP contribution in [0.4, 0.5) is 13.2 Å². The third-order valence-electron chi connectivity index (χ3n) is 5.73. The Labute approximate surface area is 183 Å². The van der Waals surface area contributed by atoms with Gasteiger partial charge in [-0.1, -0.05) is 18.2 Å². The highest BCUT2D eigenvalue weighted by molar-refractivity contribution is 5.85. The highest BCUT2D eigenvalue weighted by Gasteiger charge is 2.42. The van der Waals surface area contributed by atoms with Gasteiger partial charge in [-0.3, -0.25) is 4.90 Å². The van der Waals surface area contributed by atoms with Gasteiger partial charge in [-0.25, -0.2) is 18.0 Å². The first kappa shape index (κ1) is 22.1. The Morgan fingerprint density at radius 1 is 1.25 bits per heavy atom. The quantitative estimate of drug-likeness (QED) is 0.500. The molecule has 2 aromatic carbocycles. The van der Waals surface area contributed by atoms with Crippen molar-refractivity contribution >= 4 is 23.0 Å². The van der Waals surface area contributed by atoms with Crippen LogP contribution in [-0.2, 0) is 11.2 Å². The van der Waals surface area contributed by atoms with Crippen molar-refractivity contribution in [3.8, 4) is 0 Å². The second-order valence-electron chi connectivity index (χ2n) is 8.86. The number of aliphatic carboxylic acids is 1. The molecule has 1 aromatic heterocycles.